The Morgan fingerprint density at radius 1 is 1.55 bits per heavy atom. The minimum atomic E-state index is -3.32. The van der Waals surface area contributed by atoms with Crippen molar-refractivity contribution in [3.8, 4) is 0 Å². The smallest absolute Gasteiger partial charge is 0.278 e. The lowest BCUT2D eigenvalue weighted by molar-refractivity contribution is -0.0190. The second kappa shape index (κ2) is 8.71. The Hall–Kier alpha value is -2.13. The van der Waals surface area contributed by atoms with Gasteiger partial charge < -0.3 is 14.6 Å². The van der Waals surface area contributed by atoms with Crippen molar-refractivity contribution in [1.29, 1.82) is 0 Å². The fourth-order valence-corrected chi connectivity index (χ4v) is 2.61. The van der Waals surface area contributed by atoms with Gasteiger partial charge in [-0.05, 0) is 24.6 Å². The van der Waals surface area contributed by atoms with Gasteiger partial charge in [0, 0.05) is 38.0 Å². The summed E-state index contributed by atoms with van der Waals surface area (Å²) < 4.78 is 112. The lowest BCUT2D eigenvalue weighted by Gasteiger charge is -2.31. The number of fused-ring (bicyclic) bond motifs is 1. The van der Waals surface area contributed by atoms with Gasteiger partial charge in [-0.1, -0.05) is 29.3 Å². The standard InChI is InChI=1S/C19H22Cl2N6O2/c1-12-10-26(6-7-29-12)4-5-27-11-23-17-16(27)18(28)25-19(24-17)22-9-13-2-3-14(20)15(21)8-13/h2-3,8,11-12H,4-7,9-10H2,1H3,(H2,22,24,25,28)/i3D,5D2,6D2,7D2,9D2,10D2,11D,12D. The zero-order chi connectivity index (χ0) is 32.0. The number of H-pyrrole nitrogens is 1. The first-order valence-corrected chi connectivity index (χ1v) is 8.83. The van der Waals surface area contributed by atoms with Gasteiger partial charge >= 0.3 is 0 Å². The van der Waals surface area contributed by atoms with E-state index < -0.39 is 74.1 Å². The molecule has 0 radical (unpaired) electrons. The van der Waals surface area contributed by atoms with Gasteiger partial charge in [0.15, 0.2) is 11.2 Å². The van der Waals surface area contributed by atoms with E-state index in [-0.39, 0.29) is 26.6 Å². The molecule has 2 N–H and O–H groups in total. The number of aromatic amines is 1. The summed E-state index contributed by atoms with van der Waals surface area (Å²) in [6.07, 6.45) is -3.60. The van der Waals surface area contributed by atoms with E-state index in [2.05, 4.69) is 20.3 Å². The molecule has 8 nitrogen and oxygen atoms in total. The van der Waals surface area contributed by atoms with Gasteiger partial charge in [-0.3, -0.25) is 14.7 Å². The Morgan fingerprint density at radius 3 is 3.24 bits per heavy atom. The summed E-state index contributed by atoms with van der Waals surface area (Å²) in [5.74, 6) is -0.501. The Labute approximate surface area is 196 Å². The van der Waals surface area contributed by atoms with E-state index in [4.69, 9.17) is 45.8 Å². The number of hydrogen-bond acceptors (Lipinski definition) is 6. The molecule has 1 fully saturated rings. The molecular formula is C19H22Cl2N6O2. The predicted molar refractivity (Wildman–Crippen MR) is 114 cm³/mol. The maximum atomic E-state index is 13.1. The van der Waals surface area contributed by atoms with E-state index in [1.807, 2.05) is 0 Å². The summed E-state index contributed by atoms with van der Waals surface area (Å²) in [7, 11) is 0. The van der Waals surface area contributed by atoms with Gasteiger partial charge in [-0.15, -0.1) is 0 Å². The average Bonchev–Trinajstić information content (AvgIpc) is 3.15. The maximum absolute atomic E-state index is 13.1. The Morgan fingerprint density at radius 2 is 2.41 bits per heavy atom. The van der Waals surface area contributed by atoms with Crippen LogP contribution in [0.1, 0.15) is 30.3 Å². The third-order valence-electron chi connectivity index (χ3n) is 3.59. The molecule has 1 aliphatic heterocycles. The molecule has 4 rings (SSSR count). The topological polar surface area (TPSA) is 88.1 Å². The number of anilines is 1. The normalized spacial score (nSPS) is 33.0. The second-order valence-corrected chi connectivity index (χ2v) is 6.45. The maximum Gasteiger partial charge on any atom is 0.278 e. The van der Waals surface area contributed by atoms with Crippen molar-refractivity contribution in [3.05, 3.63) is 50.4 Å². The SMILES string of the molecule is [2H]c1cc(C([2H])([2H])Nc2nc3nc([2H])n(C([2H])([2H])CN4C([2H])([2H])C([2H])([2H])OC([2H])(C)C4([2H])[2H])c3c(=O)[nH]2)cc(Cl)c1Cl. The molecular weight excluding hydrogens is 415 g/mol. The minimum Gasteiger partial charge on any atom is -0.376 e. The molecule has 2 aromatic heterocycles. The molecule has 0 bridgehead atoms. The number of aromatic nitrogens is 4. The number of morpholine rings is 1. The molecule has 1 aromatic carbocycles. The van der Waals surface area contributed by atoms with Crippen molar-refractivity contribution in [2.45, 2.75) is 26.0 Å². The van der Waals surface area contributed by atoms with Crippen LogP contribution in [0.15, 0.2) is 29.3 Å². The molecule has 0 saturated carbocycles. The molecule has 29 heavy (non-hydrogen) atoms. The zero-order valence-electron chi connectivity index (χ0n) is 27.7. The zero-order valence-corrected chi connectivity index (χ0v) is 16.2. The van der Waals surface area contributed by atoms with E-state index in [0.29, 0.717) is 4.57 Å². The third-order valence-corrected chi connectivity index (χ3v) is 4.30. The molecule has 1 saturated heterocycles. The fourth-order valence-electron chi connectivity index (χ4n) is 2.33. The third kappa shape index (κ3) is 4.72. The van der Waals surface area contributed by atoms with Crippen molar-refractivity contribution in [2.24, 2.45) is 0 Å². The lowest BCUT2D eigenvalue weighted by Crippen LogP contribution is -2.42. The van der Waals surface area contributed by atoms with Crippen LogP contribution in [0.4, 0.5) is 5.95 Å². The van der Waals surface area contributed by atoms with E-state index in [0.717, 1.165) is 19.1 Å². The van der Waals surface area contributed by atoms with Crippen LogP contribution in [-0.2, 0) is 17.7 Å². The molecule has 0 spiro atoms. The molecule has 1 aliphatic rings. The number of nitrogens with zero attached hydrogens (tertiary/aromatic N) is 4. The molecule has 154 valence electrons. The van der Waals surface area contributed by atoms with Crippen LogP contribution >= 0.6 is 23.2 Å². The molecule has 3 aromatic rings. The van der Waals surface area contributed by atoms with E-state index in [1.165, 1.54) is 0 Å². The van der Waals surface area contributed by atoms with Crippen molar-refractivity contribution < 1.29 is 22.6 Å². The van der Waals surface area contributed by atoms with Crippen LogP contribution in [0.3, 0.4) is 0 Å². The lowest BCUT2D eigenvalue weighted by atomic mass is 10.2. The number of rotatable bonds is 6. The molecule has 0 amide bonds. The Kier molecular flexibility index (Phi) is 2.94. The van der Waals surface area contributed by atoms with Crippen molar-refractivity contribution in [3.63, 3.8) is 0 Å². The summed E-state index contributed by atoms with van der Waals surface area (Å²) >= 11 is 11.8. The van der Waals surface area contributed by atoms with Crippen LogP contribution in [-0.4, -0.2) is 56.6 Å². The largest absolute Gasteiger partial charge is 0.376 e. The predicted octanol–water partition coefficient (Wildman–Crippen LogP) is 2.76. The van der Waals surface area contributed by atoms with Crippen LogP contribution in [0.2, 0.25) is 10.0 Å². The van der Waals surface area contributed by atoms with E-state index in [1.54, 1.807) is 0 Å². The summed E-state index contributed by atoms with van der Waals surface area (Å²) in [5.41, 5.74) is -2.44. The van der Waals surface area contributed by atoms with Gasteiger partial charge in [-0.2, -0.15) is 4.98 Å². The van der Waals surface area contributed by atoms with Crippen LogP contribution in [0.5, 0.6) is 0 Å². The minimum absolute atomic E-state index is 0.102. The highest BCUT2D eigenvalue weighted by atomic mass is 35.5. The van der Waals surface area contributed by atoms with Crippen LogP contribution in [0, 0.1) is 0 Å². The van der Waals surface area contributed by atoms with Gasteiger partial charge in [0.25, 0.3) is 5.56 Å². The highest BCUT2D eigenvalue weighted by Gasteiger charge is 2.17. The summed E-state index contributed by atoms with van der Waals surface area (Å²) in [4.78, 5) is 23.1. The first-order chi connectivity index (χ1) is 18.9. The molecule has 0 aliphatic carbocycles. The van der Waals surface area contributed by atoms with E-state index in [9.17, 15) is 4.79 Å². The summed E-state index contributed by atoms with van der Waals surface area (Å²) in [6.45, 7) is -15.7. The number of hydrogen-bond donors (Lipinski definition) is 2. The number of ether oxygens (including phenoxy) is 1. The number of benzene rings is 1. The monoisotopic (exact) mass is 449 g/mol. The fraction of sp³-hybridized carbons (Fsp3) is 0.421. The summed E-state index contributed by atoms with van der Waals surface area (Å²) in [5, 5.41) is 2.10. The van der Waals surface area contributed by atoms with Crippen molar-refractivity contribution >= 4 is 40.3 Å². The second-order valence-electron chi connectivity index (χ2n) is 5.66. The molecule has 1 atom stereocenters. The number of halogens is 2. The van der Waals surface area contributed by atoms with Gasteiger partial charge in [0.05, 0.1) is 40.0 Å². The summed E-state index contributed by atoms with van der Waals surface area (Å²) in [6, 6.07) is 1.98. The Bertz CT molecular complexity index is 1580. The number of imidazole rings is 1. The van der Waals surface area contributed by atoms with E-state index >= 15 is 0 Å². The van der Waals surface area contributed by atoms with Crippen LogP contribution in [0.25, 0.3) is 11.2 Å². The molecule has 10 heteroatoms. The Balaban J connectivity index is 1.76. The van der Waals surface area contributed by atoms with Gasteiger partial charge in [0.2, 0.25) is 5.95 Å². The first kappa shape index (κ1) is 9.78. The van der Waals surface area contributed by atoms with Gasteiger partial charge in [-0.25, -0.2) is 4.98 Å². The highest BCUT2D eigenvalue weighted by molar-refractivity contribution is 6.42. The van der Waals surface area contributed by atoms with Gasteiger partial charge in [0.1, 0.15) is 1.37 Å². The molecule has 3 heterocycles. The first-order valence-electron chi connectivity index (χ1n) is 14.6. The molecule has 1 unspecified atom stereocenters. The quantitative estimate of drug-likeness (QED) is 0.601. The number of nitrogens with one attached hydrogen (secondary N) is 2. The average molecular weight is 450 g/mol. The van der Waals surface area contributed by atoms with Crippen LogP contribution < -0.4 is 10.9 Å². The highest BCUT2D eigenvalue weighted by Crippen LogP contribution is 2.22. The van der Waals surface area contributed by atoms with Crippen molar-refractivity contribution in [2.75, 3.05) is 31.4 Å². The van der Waals surface area contributed by atoms with Crippen molar-refractivity contribution in [1.82, 2.24) is 24.4 Å².